The van der Waals surface area contributed by atoms with Crippen LogP contribution in [0.15, 0.2) is 42.5 Å². The second-order valence-electron chi connectivity index (χ2n) is 3.40. The topological polar surface area (TPSA) is 50.2 Å². The predicted octanol–water partition coefficient (Wildman–Crippen LogP) is 2.54. The van der Waals surface area contributed by atoms with Crippen LogP contribution >= 0.6 is 7.80 Å². The number of nitrogens with zero attached hydrogens (tertiary/aromatic N) is 1. The van der Waals surface area contributed by atoms with Crippen LogP contribution in [0, 0.1) is 0 Å². The Morgan fingerprint density at radius 3 is 2.56 bits per heavy atom. The van der Waals surface area contributed by atoms with Gasteiger partial charge in [-0.2, -0.15) is 0 Å². The number of benzene rings is 1. The highest BCUT2D eigenvalue weighted by atomic mass is 31.1. The highest BCUT2D eigenvalue weighted by Gasteiger charge is 2.15. The van der Waals surface area contributed by atoms with Crippen LogP contribution in [-0.2, 0) is 4.57 Å². The number of rotatable bonds is 2. The molecule has 1 N–H and O–H groups in total. The van der Waals surface area contributed by atoms with E-state index < -0.39 is 7.80 Å². The number of pyridine rings is 1. The Morgan fingerprint density at radius 2 is 1.88 bits per heavy atom. The molecule has 4 heteroatoms. The Balaban J connectivity index is 2.53. The van der Waals surface area contributed by atoms with Gasteiger partial charge in [0.2, 0.25) is 0 Å². The first-order chi connectivity index (χ1) is 7.68. The Labute approximate surface area is 94.6 Å². The van der Waals surface area contributed by atoms with Crippen LogP contribution in [0.4, 0.5) is 0 Å². The van der Waals surface area contributed by atoms with Crippen molar-refractivity contribution in [1.29, 1.82) is 0 Å². The molecule has 0 saturated carbocycles. The zero-order valence-corrected chi connectivity index (χ0v) is 9.69. The van der Waals surface area contributed by atoms with Crippen LogP contribution < -0.4 is 5.44 Å². The molecule has 1 unspecified atom stereocenters. The zero-order chi connectivity index (χ0) is 11.5. The fourth-order valence-electron chi connectivity index (χ4n) is 1.44. The molecule has 1 aromatic heterocycles. The van der Waals surface area contributed by atoms with Gasteiger partial charge in [0.25, 0.3) is 5.44 Å². The van der Waals surface area contributed by atoms with Gasteiger partial charge >= 0.3 is 7.80 Å². The minimum atomic E-state index is -1.45. The normalized spacial score (nSPS) is 11.2. The first-order valence-corrected chi connectivity index (χ1v) is 6.55. The molecule has 1 heterocycles. The van der Waals surface area contributed by atoms with Gasteiger partial charge in [-0.25, -0.2) is 4.98 Å². The summed E-state index contributed by atoms with van der Waals surface area (Å²) in [6.45, 7) is 1.62. The molecule has 0 bridgehead atoms. The summed E-state index contributed by atoms with van der Waals surface area (Å²) in [5.41, 5.74) is 1.85. The summed E-state index contributed by atoms with van der Waals surface area (Å²) in [7, 11) is -1.45. The number of phenols is 1. The maximum Gasteiger partial charge on any atom is 0.393 e. The lowest BCUT2D eigenvalue weighted by atomic mass is 10.1. The Kier molecular flexibility index (Phi) is 2.97. The van der Waals surface area contributed by atoms with Crippen molar-refractivity contribution in [3.05, 3.63) is 42.5 Å². The van der Waals surface area contributed by atoms with E-state index >= 15 is 0 Å². The first-order valence-electron chi connectivity index (χ1n) is 4.85. The van der Waals surface area contributed by atoms with Crippen LogP contribution in [0.3, 0.4) is 0 Å². The van der Waals surface area contributed by atoms with Gasteiger partial charge in [0.05, 0.1) is 5.69 Å². The van der Waals surface area contributed by atoms with Crippen molar-refractivity contribution in [2.24, 2.45) is 0 Å². The van der Waals surface area contributed by atoms with Gasteiger partial charge in [-0.15, -0.1) is 0 Å². The number of aromatic hydroxyl groups is 1. The van der Waals surface area contributed by atoms with Gasteiger partial charge in [0.1, 0.15) is 12.4 Å². The van der Waals surface area contributed by atoms with Crippen LogP contribution in [0.2, 0.25) is 0 Å². The van der Waals surface area contributed by atoms with E-state index in [4.69, 9.17) is 0 Å². The Bertz CT molecular complexity index is 540. The van der Waals surface area contributed by atoms with E-state index in [2.05, 4.69) is 4.98 Å². The fourth-order valence-corrected chi connectivity index (χ4v) is 1.98. The van der Waals surface area contributed by atoms with E-state index in [0.717, 1.165) is 0 Å². The molecule has 1 atom stereocenters. The van der Waals surface area contributed by atoms with Gasteiger partial charge in [0, 0.05) is 11.6 Å². The summed E-state index contributed by atoms with van der Waals surface area (Å²) in [5.74, 6) is 0.179. The van der Waals surface area contributed by atoms with Crippen LogP contribution in [0.25, 0.3) is 11.3 Å². The van der Waals surface area contributed by atoms with Gasteiger partial charge in [0.15, 0.2) is 0 Å². The molecule has 0 aliphatic carbocycles. The second-order valence-corrected chi connectivity index (χ2v) is 4.85. The lowest BCUT2D eigenvalue weighted by Gasteiger charge is -2.02. The minimum absolute atomic E-state index is 0.179. The zero-order valence-electron chi connectivity index (χ0n) is 8.79. The SMILES string of the molecule is C[P+](=O)c1cccc(-c2ccccc2O)n1. The lowest BCUT2D eigenvalue weighted by molar-refractivity contribution is 0.477. The smallest absolute Gasteiger partial charge is 0.393 e. The summed E-state index contributed by atoms with van der Waals surface area (Å²) >= 11 is 0. The molecule has 0 aliphatic heterocycles. The molecule has 0 saturated heterocycles. The van der Waals surface area contributed by atoms with Crippen molar-refractivity contribution >= 4 is 13.2 Å². The Morgan fingerprint density at radius 1 is 1.12 bits per heavy atom. The van der Waals surface area contributed by atoms with Gasteiger partial charge in [-0.3, -0.25) is 0 Å². The quantitative estimate of drug-likeness (QED) is 0.809. The van der Waals surface area contributed by atoms with Gasteiger partial charge < -0.3 is 5.11 Å². The second kappa shape index (κ2) is 4.42. The molecule has 3 nitrogen and oxygen atoms in total. The van der Waals surface area contributed by atoms with Gasteiger partial charge in [-0.1, -0.05) is 22.8 Å². The highest BCUT2D eigenvalue weighted by Crippen LogP contribution is 2.27. The van der Waals surface area contributed by atoms with E-state index in [1.807, 2.05) is 6.07 Å². The maximum atomic E-state index is 11.3. The largest absolute Gasteiger partial charge is 0.507 e. The predicted molar refractivity (Wildman–Crippen MR) is 64.5 cm³/mol. The standard InChI is InChI=1S/C12H10NO2P/c1-16(15)12-8-4-6-10(13-12)9-5-2-3-7-11(9)14/h2-8H,1H3/p+1. The highest BCUT2D eigenvalue weighted by molar-refractivity contribution is 7.52. The summed E-state index contributed by atoms with van der Waals surface area (Å²) in [6.07, 6.45) is 0. The maximum absolute atomic E-state index is 11.3. The summed E-state index contributed by atoms with van der Waals surface area (Å²) in [5, 5.41) is 9.68. The number of aromatic nitrogens is 1. The van der Waals surface area contributed by atoms with E-state index in [1.54, 1.807) is 43.1 Å². The van der Waals surface area contributed by atoms with E-state index in [1.165, 1.54) is 0 Å². The van der Waals surface area contributed by atoms with Crippen molar-refractivity contribution in [3.8, 4) is 17.0 Å². The molecule has 2 aromatic rings. The monoisotopic (exact) mass is 232 g/mol. The third kappa shape index (κ3) is 2.10. The molecule has 0 spiro atoms. The fraction of sp³-hybridized carbons (Fsp3) is 0.0833. The van der Waals surface area contributed by atoms with Crippen molar-refractivity contribution < 1.29 is 9.67 Å². The van der Waals surface area contributed by atoms with Crippen LogP contribution in [0.1, 0.15) is 0 Å². The first kappa shape index (κ1) is 10.8. The average molecular weight is 232 g/mol. The van der Waals surface area contributed by atoms with Crippen molar-refractivity contribution in [1.82, 2.24) is 4.98 Å². The molecule has 2 rings (SSSR count). The molecular formula is C12H11NO2P+. The molecule has 0 aliphatic rings. The van der Waals surface area contributed by atoms with Crippen molar-refractivity contribution in [2.45, 2.75) is 0 Å². The number of hydrogen-bond donors (Lipinski definition) is 1. The van der Waals surface area contributed by atoms with E-state index in [9.17, 15) is 9.67 Å². The molecule has 1 aromatic carbocycles. The van der Waals surface area contributed by atoms with Gasteiger partial charge in [-0.05, 0) is 18.2 Å². The van der Waals surface area contributed by atoms with Crippen LogP contribution in [-0.4, -0.2) is 16.8 Å². The number of hydrogen-bond acceptors (Lipinski definition) is 3. The molecule has 0 fully saturated rings. The Hall–Kier alpha value is -1.73. The summed E-state index contributed by atoms with van der Waals surface area (Å²) in [6, 6.07) is 12.3. The van der Waals surface area contributed by atoms with E-state index in [0.29, 0.717) is 16.7 Å². The minimum Gasteiger partial charge on any atom is -0.507 e. The number of para-hydroxylation sites is 1. The molecular weight excluding hydrogens is 221 g/mol. The van der Waals surface area contributed by atoms with Crippen molar-refractivity contribution in [2.75, 3.05) is 6.66 Å². The lowest BCUT2D eigenvalue weighted by Crippen LogP contribution is -2.02. The van der Waals surface area contributed by atoms with E-state index in [-0.39, 0.29) is 5.75 Å². The summed E-state index contributed by atoms with van der Waals surface area (Å²) in [4.78, 5) is 4.26. The molecule has 0 radical (unpaired) electrons. The third-order valence-corrected chi connectivity index (χ3v) is 3.13. The van der Waals surface area contributed by atoms with Crippen LogP contribution in [0.5, 0.6) is 5.75 Å². The van der Waals surface area contributed by atoms with Crippen molar-refractivity contribution in [3.63, 3.8) is 0 Å². The average Bonchev–Trinajstić information content (AvgIpc) is 2.30. The third-order valence-electron chi connectivity index (χ3n) is 2.24. The molecule has 16 heavy (non-hydrogen) atoms. The summed E-state index contributed by atoms with van der Waals surface area (Å²) < 4.78 is 11.3. The molecule has 80 valence electrons. The molecule has 0 amide bonds. The number of phenolic OH excluding ortho intramolecular Hbond substituents is 1.